The van der Waals surface area contributed by atoms with E-state index in [0.29, 0.717) is 32.2 Å². The zero-order valence-corrected chi connectivity index (χ0v) is 18.5. The van der Waals surface area contributed by atoms with Crippen molar-refractivity contribution in [2.75, 3.05) is 26.3 Å². The highest BCUT2D eigenvalue weighted by Crippen LogP contribution is 2.70. The Hall–Kier alpha value is -1.11. The second-order valence-corrected chi connectivity index (χ2v) is 11.3. The Morgan fingerprint density at radius 1 is 1.20 bits per heavy atom. The summed E-state index contributed by atoms with van der Waals surface area (Å²) >= 11 is 0. The van der Waals surface area contributed by atoms with E-state index < -0.39 is 12.2 Å². The number of morpholine rings is 1. The minimum absolute atomic E-state index is 0.0175. The number of ether oxygens (including phenoxy) is 1. The molecule has 2 amide bonds. The van der Waals surface area contributed by atoms with E-state index in [-0.39, 0.29) is 34.2 Å². The Balaban J connectivity index is 1.44. The van der Waals surface area contributed by atoms with Gasteiger partial charge in [0.25, 0.3) is 0 Å². The summed E-state index contributed by atoms with van der Waals surface area (Å²) in [5, 5.41) is 26.0. The van der Waals surface area contributed by atoms with Gasteiger partial charge in [-0.15, -0.1) is 0 Å². The number of carbonyl (C=O) groups is 1. The Morgan fingerprint density at radius 2 is 1.93 bits per heavy atom. The molecule has 8 atom stereocenters. The fourth-order valence-electron chi connectivity index (χ4n) is 8.71. The summed E-state index contributed by atoms with van der Waals surface area (Å²) in [6.45, 7) is 11.2. The van der Waals surface area contributed by atoms with Gasteiger partial charge in [-0.2, -0.15) is 0 Å². The summed E-state index contributed by atoms with van der Waals surface area (Å²) in [4.78, 5) is 14.9. The van der Waals surface area contributed by atoms with Crippen LogP contribution in [-0.4, -0.2) is 65.2 Å². The van der Waals surface area contributed by atoms with E-state index in [9.17, 15) is 15.0 Å². The molecule has 1 spiro atoms. The molecular weight excluding hydrogens is 380 g/mol. The number of fused-ring (bicyclic) bond motifs is 3. The van der Waals surface area contributed by atoms with Gasteiger partial charge in [0.1, 0.15) is 0 Å². The van der Waals surface area contributed by atoms with Crippen LogP contribution in [0.15, 0.2) is 12.2 Å². The molecule has 3 N–H and O–H groups in total. The van der Waals surface area contributed by atoms with Crippen LogP contribution in [-0.2, 0) is 4.74 Å². The number of hydrogen-bond donors (Lipinski definition) is 3. The molecule has 1 heterocycles. The summed E-state index contributed by atoms with van der Waals surface area (Å²) in [5.74, 6) is 0.614. The first-order valence-corrected chi connectivity index (χ1v) is 11.9. The van der Waals surface area contributed by atoms with Gasteiger partial charge in [-0.1, -0.05) is 19.9 Å². The lowest BCUT2D eigenvalue weighted by molar-refractivity contribution is -0.195. The van der Waals surface area contributed by atoms with Crippen molar-refractivity contribution >= 4 is 6.03 Å². The third-order valence-electron chi connectivity index (χ3n) is 9.85. The zero-order chi connectivity index (χ0) is 21.3. The lowest BCUT2D eigenvalue weighted by Gasteiger charge is -2.65. The summed E-state index contributed by atoms with van der Waals surface area (Å²) in [7, 11) is 0. The number of aliphatic hydroxyl groups excluding tert-OH is 2. The molecule has 4 saturated carbocycles. The molecule has 0 aromatic heterocycles. The van der Waals surface area contributed by atoms with Crippen LogP contribution >= 0.6 is 0 Å². The molecule has 30 heavy (non-hydrogen) atoms. The topological polar surface area (TPSA) is 82.0 Å². The fraction of sp³-hybridized carbons (Fsp3) is 0.875. The summed E-state index contributed by atoms with van der Waals surface area (Å²) in [6.07, 6.45) is 5.74. The van der Waals surface area contributed by atoms with Crippen LogP contribution in [0, 0.1) is 28.6 Å². The van der Waals surface area contributed by atoms with E-state index in [4.69, 9.17) is 4.74 Å². The van der Waals surface area contributed by atoms with Gasteiger partial charge in [-0.25, -0.2) is 4.79 Å². The van der Waals surface area contributed by atoms with Crippen LogP contribution in [0.25, 0.3) is 0 Å². The molecule has 6 nitrogen and oxygen atoms in total. The average Bonchev–Trinajstić information content (AvgIpc) is 2.89. The van der Waals surface area contributed by atoms with Crippen molar-refractivity contribution in [2.24, 2.45) is 28.6 Å². The van der Waals surface area contributed by atoms with Gasteiger partial charge in [-0.3, -0.25) is 0 Å². The molecule has 5 fully saturated rings. The third kappa shape index (κ3) is 2.75. The maximum atomic E-state index is 13.1. The predicted octanol–water partition coefficient (Wildman–Crippen LogP) is 2.69. The second kappa shape index (κ2) is 6.94. The quantitative estimate of drug-likeness (QED) is 0.572. The number of rotatable bonds is 1. The highest BCUT2D eigenvalue weighted by molar-refractivity contribution is 5.75. The normalized spacial score (nSPS) is 50.6. The van der Waals surface area contributed by atoms with E-state index in [1.165, 1.54) is 0 Å². The average molecular weight is 419 g/mol. The number of hydrogen-bond acceptors (Lipinski definition) is 4. The van der Waals surface area contributed by atoms with Gasteiger partial charge < -0.3 is 25.2 Å². The zero-order valence-electron chi connectivity index (χ0n) is 18.5. The summed E-state index contributed by atoms with van der Waals surface area (Å²) in [5.41, 5.74) is 0.315. The smallest absolute Gasteiger partial charge is 0.317 e. The molecule has 4 aliphatic carbocycles. The largest absolute Gasteiger partial charge is 0.393 e. The molecule has 5 rings (SSSR count). The van der Waals surface area contributed by atoms with Crippen molar-refractivity contribution in [3.8, 4) is 0 Å². The molecule has 168 valence electrons. The minimum atomic E-state index is -0.501. The van der Waals surface area contributed by atoms with Crippen molar-refractivity contribution in [3.05, 3.63) is 12.2 Å². The van der Waals surface area contributed by atoms with Crippen molar-refractivity contribution in [3.63, 3.8) is 0 Å². The molecule has 1 aliphatic heterocycles. The number of aliphatic hydroxyl groups is 2. The second-order valence-electron chi connectivity index (χ2n) is 11.3. The van der Waals surface area contributed by atoms with Gasteiger partial charge in [0.05, 0.1) is 25.4 Å². The molecule has 2 bridgehead atoms. The lowest BCUT2D eigenvalue weighted by Crippen LogP contribution is -2.68. The number of carbonyl (C=O) groups excluding carboxylic acids is 1. The van der Waals surface area contributed by atoms with Gasteiger partial charge in [0.15, 0.2) is 0 Å². The predicted molar refractivity (Wildman–Crippen MR) is 114 cm³/mol. The van der Waals surface area contributed by atoms with Gasteiger partial charge in [0.2, 0.25) is 0 Å². The highest BCUT2D eigenvalue weighted by atomic mass is 16.5. The maximum absolute atomic E-state index is 13.1. The van der Waals surface area contributed by atoms with Crippen LogP contribution in [0.3, 0.4) is 0 Å². The summed E-state index contributed by atoms with van der Waals surface area (Å²) in [6, 6.07) is 0.0175. The van der Waals surface area contributed by atoms with Gasteiger partial charge >= 0.3 is 6.03 Å². The van der Waals surface area contributed by atoms with Crippen molar-refractivity contribution < 1.29 is 19.7 Å². The molecule has 0 aromatic rings. The lowest BCUT2D eigenvalue weighted by atomic mass is 9.41. The number of amides is 2. The maximum Gasteiger partial charge on any atom is 0.317 e. The first-order chi connectivity index (χ1) is 14.2. The Morgan fingerprint density at radius 3 is 2.67 bits per heavy atom. The van der Waals surface area contributed by atoms with E-state index >= 15 is 0 Å². The van der Waals surface area contributed by atoms with E-state index in [0.717, 1.165) is 50.5 Å². The molecule has 5 aliphatic rings. The number of urea groups is 1. The Bertz CT molecular complexity index is 737. The Labute approximate surface area is 180 Å². The molecule has 0 unspecified atom stereocenters. The monoisotopic (exact) mass is 418 g/mol. The number of nitrogens with one attached hydrogen (secondary N) is 1. The molecule has 1 saturated heterocycles. The minimum Gasteiger partial charge on any atom is -0.393 e. The van der Waals surface area contributed by atoms with Crippen LogP contribution in [0.2, 0.25) is 0 Å². The molecular formula is C24H38N2O4. The standard InChI is InChI=1S/C24H38N2O4/c1-15-16-13-17(27)19-22(2)6-4-7-23(3,25-21(29)26-9-11-30-12-10-26)18(22)5-8-24(19,14-16)20(15)28/h16-20,27-28H,1,4-14H2,2-3H3,(H,25,29)/t16-,17+,18+,19+,20-,22-,23-,24-/m1/s1. The van der Waals surface area contributed by atoms with E-state index in [2.05, 4.69) is 25.7 Å². The third-order valence-corrected chi connectivity index (χ3v) is 9.85. The van der Waals surface area contributed by atoms with Gasteiger partial charge in [-0.05, 0) is 74.2 Å². The Kier molecular flexibility index (Phi) is 4.81. The van der Waals surface area contributed by atoms with Crippen molar-refractivity contribution in [2.45, 2.75) is 76.5 Å². The van der Waals surface area contributed by atoms with Crippen molar-refractivity contribution in [1.82, 2.24) is 10.2 Å². The van der Waals surface area contributed by atoms with Gasteiger partial charge in [0, 0.05) is 24.0 Å². The SMILES string of the molecule is C=C1[C@@H]2C[C@H](O)[C@H]3[C@]4(C)CCC[C@@](C)(NC(=O)N5CCOCC5)[C@H]4CC[C@]3(C2)[C@@H]1O. The highest BCUT2D eigenvalue weighted by Gasteiger charge is 2.69. The van der Waals surface area contributed by atoms with E-state index in [1.54, 1.807) is 0 Å². The van der Waals surface area contributed by atoms with Crippen LogP contribution in [0.5, 0.6) is 0 Å². The molecule has 0 radical (unpaired) electrons. The fourth-order valence-corrected chi connectivity index (χ4v) is 8.71. The van der Waals surface area contributed by atoms with Crippen LogP contribution in [0.4, 0.5) is 4.79 Å². The van der Waals surface area contributed by atoms with Crippen LogP contribution < -0.4 is 5.32 Å². The first kappa shape index (κ1) is 20.8. The summed E-state index contributed by atoms with van der Waals surface area (Å²) < 4.78 is 5.40. The van der Waals surface area contributed by atoms with Crippen LogP contribution in [0.1, 0.15) is 58.8 Å². The molecule has 0 aromatic carbocycles. The van der Waals surface area contributed by atoms with Crippen molar-refractivity contribution in [1.29, 1.82) is 0 Å². The number of nitrogens with zero attached hydrogens (tertiary/aromatic N) is 1. The van der Waals surface area contributed by atoms with E-state index in [1.807, 2.05) is 4.90 Å². The first-order valence-electron chi connectivity index (χ1n) is 11.9. The molecule has 6 heteroatoms.